The number of hydrogen-bond acceptors (Lipinski definition) is 3. The fraction of sp³-hybridized carbons (Fsp3) is 0.300. The largest absolute Gasteiger partial charge is 0.396 e. The van der Waals surface area contributed by atoms with Gasteiger partial charge in [0.25, 0.3) is 0 Å². The Bertz CT molecular complexity index is 283. The highest BCUT2D eigenvalue weighted by atomic mass is 15.0. The Kier molecular flexibility index (Phi) is 3.31. The number of aromatic nitrogens is 1. The van der Waals surface area contributed by atoms with Gasteiger partial charge in [-0.15, -0.1) is 6.58 Å². The molecular formula is C10H15N3. The Morgan fingerprint density at radius 1 is 1.77 bits per heavy atom. The second-order valence-electron chi connectivity index (χ2n) is 3.01. The molecule has 3 heteroatoms. The minimum Gasteiger partial charge on any atom is -0.396 e. The van der Waals surface area contributed by atoms with Gasteiger partial charge in [0.15, 0.2) is 0 Å². The van der Waals surface area contributed by atoms with E-state index in [-0.39, 0.29) is 0 Å². The van der Waals surface area contributed by atoms with Crippen LogP contribution in [0.15, 0.2) is 31.0 Å². The van der Waals surface area contributed by atoms with Gasteiger partial charge in [0.1, 0.15) is 5.82 Å². The van der Waals surface area contributed by atoms with Gasteiger partial charge < -0.3 is 11.1 Å². The normalized spacial score (nSPS) is 12.1. The maximum atomic E-state index is 5.71. The van der Waals surface area contributed by atoms with Crippen LogP contribution < -0.4 is 11.1 Å². The van der Waals surface area contributed by atoms with E-state index in [4.69, 9.17) is 5.73 Å². The van der Waals surface area contributed by atoms with Crippen LogP contribution in [0.1, 0.15) is 13.3 Å². The standard InChI is InChI=1S/C10H15N3/c1-3-5-8(2)13-10-9(11)6-4-7-12-10/h3-4,6-8H,1,5,11H2,2H3,(H,12,13). The lowest BCUT2D eigenvalue weighted by Gasteiger charge is -2.13. The molecule has 0 bridgehead atoms. The van der Waals surface area contributed by atoms with Crippen molar-refractivity contribution < 1.29 is 0 Å². The third-order valence-corrected chi connectivity index (χ3v) is 1.74. The first-order valence-electron chi connectivity index (χ1n) is 4.32. The van der Waals surface area contributed by atoms with Crippen LogP contribution in [0.4, 0.5) is 11.5 Å². The van der Waals surface area contributed by atoms with Crippen molar-refractivity contribution in [3.63, 3.8) is 0 Å². The van der Waals surface area contributed by atoms with Gasteiger partial charge in [-0.2, -0.15) is 0 Å². The summed E-state index contributed by atoms with van der Waals surface area (Å²) in [6, 6.07) is 3.96. The van der Waals surface area contributed by atoms with E-state index in [1.54, 1.807) is 6.20 Å². The maximum Gasteiger partial charge on any atom is 0.149 e. The molecule has 70 valence electrons. The van der Waals surface area contributed by atoms with Crippen molar-refractivity contribution in [3.05, 3.63) is 31.0 Å². The molecule has 0 amide bonds. The van der Waals surface area contributed by atoms with E-state index < -0.39 is 0 Å². The van der Waals surface area contributed by atoms with Gasteiger partial charge in [-0.05, 0) is 25.5 Å². The minimum absolute atomic E-state index is 0.315. The first-order valence-corrected chi connectivity index (χ1v) is 4.32. The van der Waals surface area contributed by atoms with E-state index in [0.29, 0.717) is 11.7 Å². The van der Waals surface area contributed by atoms with Gasteiger partial charge in [-0.3, -0.25) is 0 Å². The molecule has 1 unspecified atom stereocenters. The van der Waals surface area contributed by atoms with Gasteiger partial charge in [-0.25, -0.2) is 4.98 Å². The summed E-state index contributed by atoms with van der Waals surface area (Å²) >= 11 is 0. The molecule has 0 aliphatic rings. The van der Waals surface area contributed by atoms with Gasteiger partial charge in [0.2, 0.25) is 0 Å². The van der Waals surface area contributed by atoms with Crippen LogP contribution in [-0.4, -0.2) is 11.0 Å². The van der Waals surface area contributed by atoms with Crippen molar-refractivity contribution in [1.82, 2.24) is 4.98 Å². The monoisotopic (exact) mass is 177 g/mol. The molecular weight excluding hydrogens is 162 g/mol. The number of nitrogens with one attached hydrogen (secondary N) is 1. The van der Waals surface area contributed by atoms with Crippen molar-refractivity contribution in [2.24, 2.45) is 0 Å². The van der Waals surface area contributed by atoms with Crippen LogP contribution in [0.2, 0.25) is 0 Å². The van der Waals surface area contributed by atoms with E-state index in [2.05, 4.69) is 23.8 Å². The molecule has 0 saturated heterocycles. The predicted molar refractivity (Wildman–Crippen MR) is 56.5 cm³/mol. The zero-order chi connectivity index (χ0) is 9.68. The topological polar surface area (TPSA) is 50.9 Å². The Morgan fingerprint density at radius 3 is 3.15 bits per heavy atom. The van der Waals surface area contributed by atoms with Crippen molar-refractivity contribution in [1.29, 1.82) is 0 Å². The summed E-state index contributed by atoms with van der Waals surface area (Å²) in [5, 5.41) is 3.20. The number of hydrogen-bond donors (Lipinski definition) is 2. The molecule has 3 nitrogen and oxygen atoms in total. The van der Waals surface area contributed by atoms with Crippen LogP contribution in [0, 0.1) is 0 Å². The summed E-state index contributed by atoms with van der Waals surface area (Å²) < 4.78 is 0. The van der Waals surface area contributed by atoms with Gasteiger partial charge in [0.05, 0.1) is 5.69 Å². The fourth-order valence-corrected chi connectivity index (χ4v) is 1.08. The van der Waals surface area contributed by atoms with Crippen LogP contribution in [0.3, 0.4) is 0 Å². The van der Waals surface area contributed by atoms with Crippen LogP contribution in [0.5, 0.6) is 0 Å². The Balaban J connectivity index is 2.63. The zero-order valence-corrected chi connectivity index (χ0v) is 7.83. The number of nitrogens with zero attached hydrogens (tertiary/aromatic N) is 1. The van der Waals surface area contributed by atoms with Crippen LogP contribution in [0.25, 0.3) is 0 Å². The molecule has 3 N–H and O–H groups in total. The van der Waals surface area contributed by atoms with E-state index in [1.807, 2.05) is 18.2 Å². The minimum atomic E-state index is 0.315. The smallest absolute Gasteiger partial charge is 0.149 e. The van der Waals surface area contributed by atoms with Gasteiger partial charge in [0, 0.05) is 12.2 Å². The zero-order valence-electron chi connectivity index (χ0n) is 7.83. The lowest BCUT2D eigenvalue weighted by molar-refractivity contribution is 0.808. The average Bonchev–Trinajstić information content (AvgIpc) is 2.09. The van der Waals surface area contributed by atoms with Gasteiger partial charge in [-0.1, -0.05) is 6.08 Å². The lowest BCUT2D eigenvalue weighted by Crippen LogP contribution is -2.15. The Labute approximate surface area is 78.7 Å². The summed E-state index contributed by atoms with van der Waals surface area (Å²) in [6.45, 7) is 5.74. The molecule has 0 radical (unpaired) electrons. The second kappa shape index (κ2) is 4.50. The molecule has 1 atom stereocenters. The summed E-state index contributed by atoms with van der Waals surface area (Å²) in [4.78, 5) is 4.13. The quantitative estimate of drug-likeness (QED) is 0.692. The van der Waals surface area contributed by atoms with Crippen LogP contribution in [-0.2, 0) is 0 Å². The lowest BCUT2D eigenvalue weighted by atomic mass is 10.2. The molecule has 1 rings (SSSR count). The summed E-state index contributed by atoms with van der Waals surface area (Å²) in [5.74, 6) is 0.747. The third kappa shape index (κ3) is 2.78. The van der Waals surface area contributed by atoms with Gasteiger partial charge >= 0.3 is 0 Å². The van der Waals surface area contributed by atoms with Crippen LogP contribution >= 0.6 is 0 Å². The van der Waals surface area contributed by atoms with E-state index in [1.165, 1.54) is 0 Å². The van der Waals surface area contributed by atoms with E-state index in [9.17, 15) is 0 Å². The average molecular weight is 177 g/mol. The third-order valence-electron chi connectivity index (χ3n) is 1.74. The first kappa shape index (κ1) is 9.58. The molecule has 0 saturated carbocycles. The highest BCUT2D eigenvalue weighted by molar-refractivity contribution is 5.60. The molecule has 0 spiro atoms. The number of rotatable bonds is 4. The van der Waals surface area contributed by atoms with E-state index in [0.717, 1.165) is 12.2 Å². The first-order chi connectivity index (χ1) is 6.24. The summed E-state index contributed by atoms with van der Waals surface area (Å²) in [6.07, 6.45) is 4.49. The Hall–Kier alpha value is -1.51. The molecule has 0 fully saturated rings. The second-order valence-corrected chi connectivity index (χ2v) is 3.01. The molecule has 13 heavy (non-hydrogen) atoms. The predicted octanol–water partition coefficient (Wildman–Crippen LogP) is 2.04. The van der Waals surface area contributed by atoms with Crippen molar-refractivity contribution >= 4 is 11.5 Å². The number of pyridine rings is 1. The van der Waals surface area contributed by atoms with Crippen molar-refractivity contribution in [2.45, 2.75) is 19.4 Å². The highest BCUT2D eigenvalue weighted by Crippen LogP contribution is 2.14. The molecule has 0 aliphatic carbocycles. The molecule has 1 aromatic rings. The fourth-order valence-electron chi connectivity index (χ4n) is 1.08. The molecule has 0 aliphatic heterocycles. The molecule has 1 heterocycles. The summed E-state index contributed by atoms with van der Waals surface area (Å²) in [5.41, 5.74) is 6.39. The Morgan fingerprint density at radius 2 is 2.54 bits per heavy atom. The number of nitrogens with two attached hydrogens (primary N) is 1. The molecule has 0 aromatic carbocycles. The van der Waals surface area contributed by atoms with Crippen molar-refractivity contribution in [3.8, 4) is 0 Å². The van der Waals surface area contributed by atoms with Crippen molar-refractivity contribution in [2.75, 3.05) is 11.1 Å². The maximum absolute atomic E-state index is 5.71. The number of nitrogen functional groups attached to an aromatic ring is 1. The van der Waals surface area contributed by atoms with E-state index >= 15 is 0 Å². The SMILES string of the molecule is C=CCC(C)Nc1ncccc1N. The summed E-state index contributed by atoms with van der Waals surface area (Å²) in [7, 11) is 0. The number of anilines is 2. The molecule has 1 aromatic heterocycles. The highest BCUT2D eigenvalue weighted by Gasteiger charge is 2.02.